The Hall–Kier alpha value is -3.70. The number of allylic oxidation sites excluding steroid dienone is 1. The Kier molecular flexibility index (Phi) is 5.73. The van der Waals surface area contributed by atoms with Crippen molar-refractivity contribution in [2.24, 2.45) is 17.6 Å². The highest BCUT2D eigenvalue weighted by Gasteiger charge is 2.63. The van der Waals surface area contributed by atoms with Gasteiger partial charge in [-0.15, -0.1) is 0 Å². The van der Waals surface area contributed by atoms with Gasteiger partial charge in [-0.3, -0.25) is 24.1 Å². The first-order chi connectivity index (χ1) is 16.4. The number of rotatable bonds is 4. The summed E-state index contributed by atoms with van der Waals surface area (Å²) in [6, 6.07) is 2.02. The summed E-state index contributed by atoms with van der Waals surface area (Å²) in [7, 11) is 3.13. The van der Waals surface area contributed by atoms with Crippen LogP contribution in [0.5, 0.6) is 5.75 Å². The number of phenolic OH excluding ortho intramolecular Hbond substituents is 1. The fraction of sp³-hybridized carbons (Fsp3) is 0.417. The van der Waals surface area contributed by atoms with Crippen LogP contribution in [0.15, 0.2) is 34.8 Å². The van der Waals surface area contributed by atoms with E-state index >= 15 is 0 Å². The zero-order valence-electron chi connectivity index (χ0n) is 19.5. The van der Waals surface area contributed by atoms with E-state index in [1.54, 1.807) is 27.1 Å². The predicted octanol–water partition coefficient (Wildman–Crippen LogP) is 0.469. The minimum absolute atomic E-state index is 0.0140. The van der Waals surface area contributed by atoms with E-state index in [0.29, 0.717) is 5.56 Å². The highest BCUT2D eigenvalue weighted by molar-refractivity contribution is 6.25. The lowest BCUT2D eigenvalue weighted by molar-refractivity contribution is -0.148. The van der Waals surface area contributed by atoms with Crippen LogP contribution < -0.4 is 11.1 Å². The van der Waals surface area contributed by atoms with E-state index in [4.69, 9.17) is 5.73 Å². The number of carbonyl (C=O) groups excluding carboxylic acids is 4. The van der Waals surface area contributed by atoms with Gasteiger partial charge in [0.15, 0.2) is 17.1 Å². The van der Waals surface area contributed by atoms with Crippen molar-refractivity contribution < 1.29 is 39.6 Å². The third kappa shape index (κ3) is 3.34. The van der Waals surface area contributed by atoms with E-state index in [1.165, 1.54) is 11.0 Å². The standard InChI is InChI=1S/C24H27N3O8/c1-4-13(28)26-12-6-5-9-7-10-8-11-17(27(2)3)20(31)16(23(25)34)22(33)24(11,35)21(32)15(10)19(30)14(9)18(12)29/h5-6,10-11,17,29,31-32,35H,4,7-8H2,1-3H3,(H2,25,34)(H,26,28)/t10-,11-,17-,24-/m0/s1. The summed E-state index contributed by atoms with van der Waals surface area (Å²) in [5, 5.41) is 46.8. The van der Waals surface area contributed by atoms with E-state index in [9.17, 15) is 39.6 Å². The first kappa shape index (κ1) is 24.4. The lowest BCUT2D eigenvalue weighted by Crippen LogP contribution is -2.63. The molecule has 0 heterocycles. The van der Waals surface area contributed by atoms with Crippen molar-refractivity contribution in [1.82, 2.24) is 4.90 Å². The van der Waals surface area contributed by atoms with Crippen LogP contribution in [0.25, 0.3) is 0 Å². The Bertz CT molecular complexity index is 1250. The number of carbonyl (C=O) groups is 4. The Morgan fingerprint density at radius 1 is 1.20 bits per heavy atom. The van der Waals surface area contributed by atoms with Gasteiger partial charge in [-0.2, -0.15) is 0 Å². The number of ketones is 2. The number of hydrogen-bond acceptors (Lipinski definition) is 9. The van der Waals surface area contributed by atoms with Crippen molar-refractivity contribution in [1.29, 1.82) is 0 Å². The summed E-state index contributed by atoms with van der Waals surface area (Å²) in [6.07, 6.45) is 0.343. The number of nitrogens with one attached hydrogen (secondary N) is 1. The van der Waals surface area contributed by atoms with Crippen LogP contribution in [0, 0.1) is 11.8 Å². The molecule has 4 atom stereocenters. The maximum Gasteiger partial charge on any atom is 0.255 e. The molecule has 1 aromatic rings. The van der Waals surface area contributed by atoms with Crippen LogP contribution in [-0.2, 0) is 20.8 Å². The molecule has 2 amide bonds. The molecule has 7 N–H and O–H groups in total. The number of likely N-dealkylation sites (N-methyl/N-ethyl adjacent to an activating group) is 1. The first-order valence-electron chi connectivity index (χ1n) is 11.2. The van der Waals surface area contributed by atoms with Gasteiger partial charge in [0, 0.05) is 17.9 Å². The molecule has 3 aliphatic rings. The molecule has 0 spiro atoms. The number of Topliss-reactive ketones (excluding diaryl/α,β-unsaturated/α-hetero) is 2. The molecule has 4 rings (SSSR count). The van der Waals surface area contributed by atoms with Gasteiger partial charge in [-0.25, -0.2) is 0 Å². The molecular weight excluding hydrogens is 458 g/mol. The SMILES string of the molecule is CCC(=O)Nc1ccc2c(c1O)C(=O)C1=C(O)[C@]3(O)C(=O)C(C(N)=O)=C(O)[C@@H](N(C)C)[C@@H]3C[C@@H]1C2. The number of amides is 2. The van der Waals surface area contributed by atoms with E-state index in [1.807, 2.05) is 0 Å². The number of nitrogens with zero attached hydrogens (tertiary/aromatic N) is 1. The smallest absolute Gasteiger partial charge is 0.255 e. The van der Waals surface area contributed by atoms with Crippen molar-refractivity contribution in [2.45, 2.75) is 37.8 Å². The number of fused-ring (bicyclic) bond motifs is 3. The fourth-order valence-corrected chi connectivity index (χ4v) is 5.56. The molecule has 0 aromatic heterocycles. The maximum atomic E-state index is 13.5. The molecule has 0 radical (unpaired) electrons. The molecule has 0 aliphatic heterocycles. The second-order valence-electron chi connectivity index (χ2n) is 9.36. The summed E-state index contributed by atoms with van der Waals surface area (Å²) >= 11 is 0. The van der Waals surface area contributed by atoms with Gasteiger partial charge in [0.25, 0.3) is 5.91 Å². The molecule has 0 saturated heterocycles. The van der Waals surface area contributed by atoms with Crippen molar-refractivity contribution in [2.75, 3.05) is 19.4 Å². The lowest BCUT2D eigenvalue weighted by atomic mass is 9.58. The molecule has 35 heavy (non-hydrogen) atoms. The second-order valence-corrected chi connectivity index (χ2v) is 9.36. The quantitative estimate of drug-likeness (QED) is 0.260. The lowest BCUT2D eigenvalue weighted by Gasteiger charge is -2.50. The average molecular weight is 485 g/mol. The molecule has 0 bridgehead atoms. The van der Waals surface area contributed by atoms with Gasteiger partial charge in [0.2, 0.25) is 11.7 Å². The molecule has 3 aliphatic carbocycles. The van der Waals surface area contributed by atoms with E-state index in [0.717, 1.165) is 0 Å². The number of aliphatic hydroxyl groups excluding tert-OH is 2. The van der Waals surface area contributed by atoms with Crippen LogP contribution in [0.2, 0.25) is 0 Å². The van der Waals surface area contributed by atoms with Crippen molar-refractivity contribution in [3.63, 3.8) is 0 Å². The van der Waals surface area contributed by atoms with Gasteiger partial charge < -0.3 is 31.5 Å². The van der Waals surface area contributed by atoms with Gasteiger partial charge in [0.05, 0.1) is 17.3 Å². The van der Waals surface area contributed by atoms with Gasteiger partial charge >= 0.3 is 0 Å². The van der Waals surface area contributed by atoms with Crippen molar-refractivity contribution in [3.05, 3.63) is 45.9 Å². The monoisotopic (exact) mass is 485 g/mol. The zero-order chi connectivity index (χ0) is 26.0. The number of aliphatic hydroxyl groups is 3. The molecule has 0 fully saturated rings. The largest absolute Gasteiger partial charge is 0.510 e. The van der Waals surface area contributed by atoms with Crippen LogP contribution in [-0.4, -0.2) is 74.4 Å². The topological polar surface area (TPSA) is 190 Å². The van der Waals surface area contributed by atoms with E-state index in [2.05, 4.69) is 5.32 Å². The van der Waals surface area contributed by atoms with E-state index in [-0.39, 0.29) is 42.0 Å². The highest BCUT2D eigenvalue weighted by Crippen LogP contribution is 2.52. The Morgan fingerprint density at radius 3 is 2.43 bits per heavy atom. The number of primary amides is 1. The van der Waals surface area contributed by atoms with Gasteiger partial charge in [-0.05, 0) is 44.5 Å². The predicted molar refractivity (Wildman–Crippen MR) is 123 cm³/mol. The third-order valence-electron chi connectivity index (χ3n) is 7.19. The number of anilines is 1. The number of benzene rings is 1. The van der Waals surface area contributed by atoms with Crippen molar-refractivity contribution in [3.8, 4) is 5.75 Å². The van der Waals surface area contributed by atoms with Gasteiger partial charge in [-0.1, -0.05) is 13.0 Å². The molecule has 11 nitrogen and oxygen atoms in total. The van der Waals surface area contributed by atoms with Crippen LogP contribution in [0.3, 0.4) is 0 Å². The highest BCUT2D eigenvalue weighted by atomic mass is 16.3. The summed E-state index contributed by atoms with van der Waals surface area (Å²) in [6.45, 7) is 1.62. The summed E-state index contributed by atoms with van der Waals surface area (Å²) in [4.78, 5) is 52.0. The minimum atomic E-state index is -2.69. The van der Waals surface area contributed by atoms with Crippen LogP contribution >= 0.6 is 0 Å². The zero-order valence-corrected chi connectivity index (χ0v) is 19.5. The maximum absolute atomic E-state index is 13.5. The second kappa shape index (κ2) is 8.21. The number of nitrogens with two attached hydrogens (primary N) is 1. The molecule has 11 heteroatoms. The summed E-state index contributed by atoms with van der Waals surface area (Å²) in [5.41, 5.74) is 1.84. The summed E-state index contributed by atoms with van der Waals surface area (Å²) < 4.78 is 0. The Balaban J connectivity index is 1.90. The number of hydrogen-bond donors (Lipinski definition) is 6. The molecule has 0 unspecified atom stereocenters. The fourth-order valence-electron chi connectivity index (χ4n) is 5.56. The van der Waals surface area contributed by atoms with Crippen molar-refractivity contribution >= 4 is 29.1 Å². The first-order valence-corrected chi connectivity index (χ1v) is 11.2. The molecule has 0 saturated carbocycles. The van der Waals surface area contributed by atoms with Crippen LogP contribution in [0.1, 0.15) is 35.7 Å². The minimum Gasteiger partial charge on any atom is -0.510 e. The molecule has 186 valence electrons. The van der Waals surface area contributed by atoms with Crippen LogP contribution in [0.4, 0.5) is 5.69 Å². The molecule has 1 aromatic carbocycles. The third-order valence-corrected chi connectivity index (χ3v) is 7.19. The number of aromatic hydroxyl groups is 1. The Labute approximate surface area is 200 Å². The average Bonchev–Trinajstić information content (AvgIpc) is 2.77. The summed E-state index contributed by atoms with van der Waals surface area (Å²) in [5.74, 6) is -7.51. The number of phenols is 1. The van der Waals surface area contributed by atoms with Gasteiger partial charge in [0.1, 0.15) is 17.1 Å². The van der Waals surface area contributed by atoms with E-state index < -0.39 is 63.8 Å². The Morgan fingerprint density at radius 2 is 1.86 bits per heavy atom. The normalized spacial score (nSPS) is 28.0. The molecular formula is C24H27N3O8.